The average Bonchev–Trinajstić information content (AvgIpc) is 3.76. The predicted octanol–water partition coefficient (Wildman–Crippen LogP) is 12.9. The number of benzene rings is 7. The summed E-state index contributed by atoms with van der Waals surface area (Å²) in [4.78, 5) is 44.5. The molecule has 9 nitrogen and oxygen atoms in total. The van der Waals surface area contributed by atoms with Crippen molar-refractivity contribution in [3.63, 3.8) is 0 Å². The summed E-state index contributed by atoms with van der Waals surface area (Å²) in [5.41, 5.74) is 6.61. The van der Waals surface area contributed by atoms with Crippen molar-refractivity contribution < 1.29 is 37.0 Å². The number of esters is 2. The number of halogens is 2. The van der Waals surface area contributed by atoms with E-state index in [4.69, 9.17) is 16.0 Å². The van der Waals surface area contributed by atoms with Gasteiger partial charge in [-0.2, -0.15) is 5.26 Å². The number of rotatable bonds is 10. The first-order chi connectivity index (χ1) is 33.1. The number of ether oxygens (including phenoxy) is 2. The summed E-state index contributed by atoms with van der Waals surface area (Å²) < 4.78 is 48.2. The Hall–Kier alpha value is -8.22. The Balaban J connectivity index is 0.978. The number of nitrogens with zero attached hydrogens (tertiary/aromatic N) is 4. The number of aryl methyl sites for hydroxylation is 3. The van der Waals surface area contributed by atoms with E-state index in [0.29, 0.717) is 57.5 Å². The van der Waals surface area contributed by atoms with Crippen molar-refractivity contribution in [3.8, 4) is 11.8 Å². The Bertz CT molecular complexity index is 3770. The van der Waals surface area contributed by atoms with E-state index >= 15 is 8.63 Å². The van der Waals surface area contributed by atoms with Crippen molar-refractivity contribution in [2.75, 3.05) is 0 Å². The summed E-state index contributed by atoms with van der Waals surface area (Å²) in [5.74, 6) is -1.24. The second-order valence-corrected chi connectivity index (χ2v) is 18.2. The molecule has 2 aliphatic heterocycles. The van der Waals surface area contributed by atoms with E-state index in [0.717, 1.165) is 63.2 Å². The minimum absolute atomic E-state index is 0.0388. The van der Waals surface area contributed by atoms with Crippen LogP contribution < -0.4 is 4.74 Å². The van der Waals surface area contributed by atoms with Gasteiger partial charge in [0.15, 0.2) is 17.2 Å². The van der Waals surface area contributed by atoms with Crippen LogP contribution >= 0.6 is 0 Å². The lowest BCUT2D eigenvalue weighted by molar-refractivity contribution is -0.363. The molecule has 0 unspecified atom stereocenters. The van der Waals surface area contributed by atoms with Gasteiger partial charge in [-0.15, -0.1) is 0 Å². The summed E-state index contributed by atoms with van der Waals surface area (Å²) in [7, 11) is 0. The number of hydrogen-bond acceptors (Lipinski definition) is 6. The van der Waals surface area contributed by atoms with Crippen molar-refractivity contribution in [2.45, 2.75) is 74.3 Å². The van der Waals surface area contributed by atoms with Crippen LogP contribution in [0.2, 0.25) is 0 Å². The lowest BCUT2D eigenvalue weighted by Crippen LogP contribution is -2.51. The molecule has 340 valence electrons. The zero-order valence-electron chi connectivity index (χ0n) is 39.2. The first-order valence-corrected chi connectivity index (χ1v) is 22.9. The van der Waals surface area contributed by atoms with Gasteiger partial charge in [0, 0.05) is 35.6 Å². The van der Waals surface area contributed by atoms with E-state index in [1.165, 1.54) is 20.8 Å². The number of nitriles is 1. The largest absolute Gasteiger partial charge is 0.737 e. The van der Waals surface area contributed by atoms with Gasteiger partial charge in [0.25, 0.3) is 0 Å². The minimum Gasteiger partial charge on any atom is -0.457 e. The lowest BCUT2D eigenvalue weighted by Gasteiger charge is -2.34. The summed E-state index contributed by atoms with van der Waals surface area (Å²) in [5, 5.41) is 17.6. The van der Waals surface area contributed by atoms with Crippen molar-refractivity contribution in [1.82, 2.24) is 4.48 Å². The first-order valence-electron chi connectivity index (χ1n) is 22.9. The second kappa shape index (κ2) is 16.5. The third kappa shape index (κ3) is 6.76. The molecule has 0 aliphatic carbocycles. The van der Waals surface area contributed by atoms with Crippen LogP contribution in [0, 0.1) is 45.6 Å². The van der Waals surface area contributed by atoms with E-state index in [1.54, 1.807) is 26.0 Å². The highest BCUT2D eigenvalue weighted by atomic mass is 19.2. The molecule has 0 bridgehead atoms. The SMILES string of the molecule is [C-]#[N+]c1ccc2c3ccc(C#N)c4cccc(c5ccc(CCCC(=O)Oc6cc(C)c(C7=C8C(C)=C(C(=O)OCc9ccccc9)C(C)=[N+]8[B-](F)(F)n8c(C)c(C(C)=O)c(C)c87)c(C)c6)c1c52)c43. The fraction of sp³-hybridized carbons (Fsp3) is 0.193. The average molecular weight is 915 g/mol. The standard InChI is InChI=1S/C57H45BF2N4O5/c1-30-26-40(69-47(66)19-12-16-38-20-22-44-42-18-13-17-41-39(28-61)21-23-43(52(41)42)45-24-25-46(62-8)51(38)53(44)45)27-31(2)48(30)54-55-32(3)49(36(7)65)34(5)63(55)58(59,60)64-35(6)50(33(4)56(54)64)57(67)68-29-37-14-10-9-11-15-37/h9-11,13-15,17-18,20-27H,12,16,19,29H2,1-7H3. The summed E-state index contributed by atoms with van der Waals surface area (Å²) in [6, 6.07) is 32.6. The molecule has 12 heteroatoms. The molecular formula is C57H45BF2N4O5. The van der Waals surface area contributed by atoms with Crippen LogP contribution in [0.4, 0.5) is 14.3 Å². The molecule has 3 heterocycles. The Morgan fingerprint density at radius 1 is 0.812 bits per heavy atom. The van der Waals surface area contributed by atoms with Crippen LogP contribution in [0.25, 0.3) is 53.5 Å². The molecule has 2 aliphatic rings. The van der Waals surface area contributed by atoms with Gasteiger partial charge in [-0.05, 0) is 144 Å². The van der Waals surface area contributed by atoms with Gasteiger partial charge < -0.3 is 27.1 Å². The molecule has 0 atom stereocenters. The van der Waals surface area contributed by atoms with Gasteiger partial charge in [-0.1, -0.05) is 84.4 Å². The second-order valence-electron chi connectivity index (χ2n) is 18.2. The van der Waals surface area contributed by atoms with Gasteiger partial charge in [-0.3, -0.25) is 9.59 Å². The van der Waals surface area contributed by atoms with Crippen LogP contribution in [0.1, 0.15) is 94.3 Å². The van der Waals surface area contributed by atoms with Gasteiger partial charge >= 0.3 is 18.9 Å². The van der Waals surface area contributed by atoms with Crippen molar-refractivity contribution in [1.29, 1.82) is 5.26 Å². The van der Waals surface area contributed by atoms with Gasteiger partial charge in [0.2, 0.25) is 0 Å². The number of carbonyl (C=O) groups is 3. The van der Waals surface area contributed by atoms with Crippen LogP contribution in [-0.2, 0) is 27.4 Å². The smallest absolute Gasteiger partial charge is 0.457 e. The number of allylic oxidation sites excluding steroid dienone is 1. The Kier molecular flexibility index (Phi) is 10.7. The maximum Gasteiger partial charge on any atom is 0.737 e. The van der Waals surface area contributed by atoms with Crippen LogP contribution in [-0.4, -0.2) is 39.4 Å². The highest BCUT2D eigenvalue weighted by molar-refractivity contribution is 6.59. The third-order valence-corrected chi connectivity index (χ3v) is 14.2. The maximum absolute atomic E-state index is 17.3. The quantitative estimate of drug-likeness (QED) is 0.0257. The number of ketones is 1. The van der Waals surface area contributed by atoms with E-state index in [9.17, 15) is 19.6 Å². The molecule has 0 N–H and O–H groups in total. The molecule has 0 radical (unpaired) electrons. The molecule has 10 rings (SSSR count). The Morgan fingerprint density at radius 3 is 2.14 bits per heavy atom. The van der Waals surface area contributed by atoms with E-state index in [-0.39, 0.29) is 58.5 Å². The number of Topliss-reactive ketones (excluding diaryl/α,β-unsaturated/α-hetero) is 1. The third-order valence-electron chi connectivity index (χ3n) is 14.2. The number of hydrogen-bond donors (Lipinski definition) is 0. The van der Waals surface area contributed by atoms with Crippen LogP contribution in [0.3, 0.4) is 0 Å². The number of fused-ring (bicyclic) bond motifs is 4. The molecule has 0 amide bonds. The predicted molar refractivity (Wildman–Crippen MR) is 266 cm³/mol. The number of aromatic nitrogens is 1. The molecule has 0 spiro atoms. The normalized spacial score (nSPS) is 14.2. The van der Waals surface area contributed by atoms with Gasteiger partial charge in [0.1, 0.15) is 23.6 Å². The highest BCUT2D eigenvalue weighted by Crippen LogP contribution is 2.49. The van der Waals surface area contributed by atoms with Crippen molar-refractivity contribution in [3.05, 3.63) is 181 Å². The molecule has 7 aromatic carbocycles. The summed E-state index contributed by atoms with van der Waals surface area (Å²) in [6.45, 7) is 14.8. The van der Waals surface area contributed by atoms with Gasteiger partial charge in [-0.25, -0.2) is 9.64 Å². The van der Waals surface area contributed by atoms with Crippen molar-refractivity contribution in [2.24, 2.45) is 0 Å². The van der Waals surface area contributed by atoms with Crippen molar-refractivity contribution >= 4 is 84.8 Å². The molecule has 69 heavy (non-hydrogen) atoms. The summed E-state index contributed by atoms with van der Waals surface area (Å²) in [6.07, 6.45) is 1.03. The molecule has 0 fully saturated rings. The topological polar surface area (TPSA) is 106 Å². The lowest BCUT2D eigenvalue weighted by atomic mass is 9.81. The zero-order valence-corrected chi connectivity index (χ0v) is 39.2. The van der Waals surface area contributed by atoms with E-state index in [2.05, 4.69) is 23.0 Å². The van der Waals surface area contributed by atoms with Crippen LogP contribution in [0.5, 0.6) is 5.75 Å². The molecule has 8 aromatic rings. The van der Waals surface area contributed by atoms with Crippen LogP contribution in [0.15, 0.2) is 114 Å². The number of carbonyl (C=O) groups excluding carboxylic acids is 3. The van der Waals surface area contributed by atoms with Gasteiger partial charge in [0.05, 0.1) is 23.8 Å². The van der Waals surface area contributed by atoms with E-state index < -0.39 is 18.9 Å². The molecule has 0 saturated heterocycles. The monoisotopic (exact) mass is 914 g/mol. The van der Waals surface area contributed by atoms with E-state index in [1.807, 2.05) is 86.6 Å². The minimum atomic E-state index is -4.61. The Morgan fingerprint density at radius 2 is 1.46 bits per heavy atom. The zero-order chi connectivity index (χ0) is 48.8. The molecular weight excluding hydrogens is 869 g/mol. The fourth-order valence-electron chi connectivity index (χ4n) is 11.4. The molecule has 0 saturated carbocycles. The first kappa shape index (κ1) is 44.6. The molecule has 1 aromatic heterocycles. The summed E-state index contributed by atoms with van der Waals surface area (Å²) >= 11 is 0. The Labute approximate surface area is 397 Å². The highest BCUT2D eigenvalue weighted by Gasteiger charge is 2.58. The fourth-order valence-corrected chi connectivity index (χ4v) is 11.4. The maximum atomic E-state index is 17.3.